The maximum Gasteiger partial charge on any atom is 0.350 e. The third-order valence-corrected chi connectivity index (χ3v) is 6.53. The molecule has 11 heteroatoms. The van der Waals surface area contributed by atoms with Crippen molar-refractivity contribution in [2.45, 2.75) is 32.6 Å². The fourth-order valence-electron chi connectivity index (χ4n) is 2.89. The highest BCUT2D eigenvalue weighted by atomic mass is 32.2. The van der Waals surface area contributed by atoms with Gasteiger partial charge in [0.25, 0.3) is 10.0 Å². The second kappa shape index (κ2) is 8.36. The van der Waals surface area contributed by atoms with E-state index in [0.29, 0.717) is 27.6 Å². The number of ether oxygens (including phenoxy) is 1. The first kappa shape index (κ1) is 21.7. The number of esters is 1. The van der Waals surface area contributed by atoms with Gasteiger partial charge in [-0.1, -0.05) is 11.3 Å². The number of thiazole rings is 1. The SMILES string of the molecule is CCOC(=O)c1sc(=N)n(-c2ccc(S(=O)(=O)Nc3nc(C)cc(C)n3)cc2)c1C. The molecule has 158 valence electrons. The van der Waals surface area contributed by atoms with E-state index in [1.165, 1.54) is 12.1 Å². The highest BCUT2D eigenvalue weighted by Crippen LogP contribution is 2.20. The highest BCUT2D eigenvalue weighted by molar-refractivity contribution is 7.92. The lowest BCUT2D eigenvalue weighted by atomic mass is 10.3. The summed E-state index contributed by atoms with van der Waals surface area (Å²) in [5.74, 6) is -0.476. The molecule has 1 aromatic carbocycles. The van der Waals surface area contributed by atoms with E-state index in [4.69, 9.17) is 10.1 Å². The first-order chi connectivity index (χ1) is 14.1. The Balaban J connectivity index is 1.91. The van der Waals surface area contributed by atoms with Gasteiger partial charge in [0, 0.05) is 22.8 Å². The van der Waals surface area contributed by atoms with Gasteiger partial charge >= 0.3 is 5.97 Å². The zero-order valence-corrected chi connectivity index (χ0v) is 18.5. The van der Waals surface area contributed by atoms with Crippen LogP contribution in [-0.4, -0.2) is 35.5 Å². The number of nitrogens with one attached hydrogen (secondary N) is 2. The topological polar surface area (TPSA) is 127 Å². The number of aryl methyl sites for hydroxylation is 2. The van der Waals surface area contributed by atoms with Crippen LogP contribution in [0.15, 0.2) is 35.2 Å². The number of rotatable bonds is 6. The van der Waals surface area contributed by atoms with Gasteiger partial charge in [-0.25, -0.2) is 27.9 Å². The van der Waals surface area contributed by atoms with Crippen LogP contribution in [0.4, 0.5) is 5.95 Å². The van der Waals surface area contributed by atoms with Gasteiger partial charge in [-0.05, 0) is 58.0 Å². The second-order valence-corrected chi connectivity index (χ2v) is 9.13. The zero-order chi connectivity index (χ0) is 22.1. The van der Waals surface area contributed by atoms with Crippen molar-refractivity contribution in [3.8, 4) is 5.69 Å². The summed E-state index contributed by atoms with van der Waals surface area (Å²) >= 11 is 1.01. The number of carbonyl (C=O) groups excluding carboxylic acids is 1. The zero-order valence-electron chi connectivity index (χ0n) is 16.9. The van der Waals surface area contributed by atoms with E-state index < -0.39 is 16.0 Å². The lowest BCUT2D eigenvalue weighted by molar-refractivity contribution is 0.0530. The molecule has 2 aromatic heterocycles. The van der Waals surface area contributed by atoms with Crippen molar-refractivity contribution in [3.63, 3.8) is 0 Å². The Bertz CT molecular complexity index is 1240. The van der Waals surface area contributed by atoms with Crippen LogP contribution in [0, 0.1) is 26.2 Å². The van der Waals surface area contributed by atoms with E-state index in [9.17, 15) is 13.2 Å². The van der Waals surface area contributed by atoms with E-state index >= 15 is 0 Å². The molecular formula is C19H21N5O4S2. The molecule has 0 aliphatic rings. The van der Waals surface area contributed by atoms with E-state index in [-0.39, 0.29) is 22.3 Å². The molecule has 2 N–H and O–H groups in total. The van der Waals surface area contributed by atoms with Crippen LogP contribution in [-0.2, 0) is 14.8 Å². The normalized spacial score (nSPS) is 11.3. The van der Waals surface area contributed by atoms with E-state index in [1.54, 1.807) is 50.5 Å². The maximum absolute atomic E-state index is 12.7. The van der Waals surface area contributed by atoms with Crippen LogP contribution in [0.25, 0.3) is 5.69 Å². The number of aromatic nitrogens is 3. The fraction of sp³-hybridized carbons (Fsp3) is 0.263. The van der Waals surface area contributed by atoms with Crippen molar-refractivity contribution in [3.05, 3.63) is 57.1 Å². The van der Waals surface area contributed by atoms with Gasteiger partial charge in [0.05, 0.1) is 11.5 Å². The molecule has 0 aliphatic heterocycles. The summed E-state index contributed by atoms with van der Waals surface area (Å²) in [6.45, 7) is 7.18. The molecule has 0 atom stereocenters. The summed E-state index contributed by atoms with van der Waals surface area (Å²) < 4.78 is 34.3. The quantitative estimate of drug-likeness (QED) is 0.559. The van der Waals surface area contributed by atoms with Crippen LogP contribution < -0.4 is 9.52 Å². The molecule has 3 aromatic rings. The first-order valence-corrected chi connectivity index (χ1v) is 11.3. The van der Waals surface area contributed by atoms with Crippen LogP contribution in [0.5, 0.6) is 0 Å². The Morgan fingerprint density at radius 1 is 1.17 bits per heavy atom. The summed E-state index contributed by atoms with van der Waals surface area (Å²) in [5, 5.41) is 8.19. The second-order valence-electron chi connectivity index (χ2n) is 6.45. The molecule has 3 rings (SSSR count). The Hall–Kier alpha value is -3.05. The third kappa shape index (κ3) is 4.41. The molecule has 30 heavy (non-hydrogen) atoms. The highest BCUT2D eigenvalue weighted by Gasteiger charge is 2.20. The van der Waals surface area contributed by atoms with Gasteiger partial charge in [0.2, 0.25) is 5.95 Å². The molecular weight excluding hydrogens is 426 g/mol. The Kier molecular flexibility index (Phi) is 6.04. The largest absolute Gasteiger partial charge is 0.462 e. The minimum atomic E-state index is -3.88. The molecule has 0 aliphatic carbocycles. The number of carbonyl (C=O) groups is 1. The standard InChI is InChI=1S/C19H21N5O4S2/c1-5-28-17(25)16-13(4)24(18(20)29-16)14-6-8-15(9-7-14)30(26,27)23-19-21-11(2)10-12(3)22-19/h6-10,20H,5H2,1-4H3,(H,21,22,23). The molecule has 0 spiro atoms. The summed E-state index contributed by atoms with van der Waals surface area (Å²) in [5.41, 5.74) is 2.42. The van der Waals surface area contributed by atoms with Crippen molar-refractivity contribution in [1.82, 2.24) is 14.5 Å². The molecule has 0 fully saturated rings. The molecule has 0 bridgehead atoms. The van der Waals surface area contributed by atoms with Crippen LogP contribution in [0.3, 0.4) is 0 Å². The molecule has 9 nitrogen and oxygen atoms in total. The van der Waals surface area contributed by atoms with Gasteiger partial charge in [-0.15, -0.1) is 0 Å². The predicted octanol–water partition coefficient (Wildman–Crippen LogP) is 2.71. The molecule has 0 amide bonds. The minimum Gasteiger partial charge on any atom is -0.462 e. The number of nitrogens with zero attached hydrogens (tertiary/aromatic N) is 3. The molecule has 0 radical (unpaired) electrons. The minimum absolute atomic E-state index is 0.00662. The number of hydrogen-bond donors (Lipinski definition) is 2. The predicted molar refractivity (Wildman–Crippen MR) is 113 cm³/mol. The van der Waals surface area contributed by atoms with Crippen LogP contribution in [0.1, 0.15) is 33.7 Å². The van der Waals surface area contributed by atoms with Gasteiger partial charge < -0.3 is 4.74 Å². The molecule has 0 saturated heterocycles. The molecule has 0 saturated carbocycles. The summed E-state index contributed by atoms with van der Waals surface area (Å²) in [7, 11) is -3.88. The summed E-state index contributed by atoms with van der Waals surface area (Å²) in [4.78, 5) is 20.8. The number of hydrogen-bond acceptors (Lipinski definition) is 8. The van der Waals surface area contributed by atoms with Crippen molar-refractivity contribution < 1.29 is 17.9 Å². The Morgan fingerprint density at radius 2 is 1.77 bits per heavy atom. The van der Waals surface area contributed by atoms with Crippen LogP contribution >= 0.6 is 11.3 Å². The first-order valence-electron chi connectivity index (χ1n) is 9.02. The molecule has 2 heterocycles. The number of sulfonamides is 1. The van der Waals surface area contributed by atoms with Crippen molar-refractivity contribution in [2.24, 2.45) is 0 Å². The lowest BCUT2D eigenvalue weighted by Crippen LogP contribution is -2.16. The smallest absolute Gasteiger partial charge is 0.350 e. The average molecular weight is 448 g/mol. The number of benzene rings is 1. The van der Waals surface area contributed by atoms with Crippen molar-refractivity contribution in [1.29, 1.82) is 5.41 Å². The lowest BCUT2D eigenvalue weighted by Gasteiger charge is -2.10. The Labute approximate surface area is 178 Å². The monoisotopic (exact) mass is 447 g/mol. The van der Waals surface area contributed by atoms with Gasteiger partial charge in [-0.2, -0.15) is 0 Å². The van der Waals surface area contributed by atoms with Gasteiger partial charge in [-0.3, -0.25) is 9.98 Å². The van der Waals surface area contributed by atoms with Gasteiger partial charge in [0.1, 0.15) is 4.88 Å². The maximum atomic E-state index is 12.7. The van der Waals surface area contributed by atoms with E-state index in [0.717, 1.165) is 11.3 Å². The van der Waals surface area contributed by atoms with Gasteiger partial charge in [0.15, 0.2) is 4.80 Å². The Morgan fingerprint density at radius 3 is 2.33 bits per heavy atom. The number of anilines is 1. The fourth-order valence-corrected chi connectivity index (χ4v) is 4.74. The summed E-state index contributed by atoms with van der Waals surface area (Å²) in [6.07, 6.45) is 0. The van der Waals surface area contributed by atoms with Crippen LogP contribution in [0.2, 0.25) is 0 Å². The average Bonchev–Trinajstić information content (AvgIpc) is 2.95. The van der Waals surface area contributed by atoms with E-state index in [2.05, 4.69) is 14.7 Å². The van der Waals surface area contributed by atoms with Crippen molar-refractivity contribution >= 4 is 33.3 Å². The third-order valence-electron chi connectivity index (χ3n) is 4.14. The van der Waals surface area contributed by atoms with E-state index in [1.807, 2.05) is 0 Å². The summed E-state index contributed by atoms with van der Waals surface area (Å²) in [6, 6.07) is 7.74. The van der Waals surface area contributed by atoms with Crippen molar-refractivity contribution in [2.75, 3.05) is 11.3 Å². The molecule has 0 unspecified atom stereocenters.